The van der Waals surface area contributed by atoms with Crippen LogP contribution in [0.3, 0.4) is 0 Å². The van der Waals surface area contributed by atoms with E-state index in [1.165, 1.54) is 0 Å². The van der Waals surface area contributed by atoms with Crippen LogP contribution in [0.15, 0.2) is 34.9 Å². The van der Waals surface area contributed by atoms with Crippen molar-refractivity contribution in [3.8, 4) is 0 Å². The molecular formula is C14H19N3O3. The fourth-order valence-electron chi connectivity index (χ4n) is 1.88. The zero-order valence-electron chi connectivity index (χ0n) is 11.4. The first kappa shape index (κ1) is 14.6. The van der Waals surface area contributed by atoms with E-state index < -0.39 is 6.04 Å². The molecule has 0 bridgehead atoms. The molecule has 1 aromatic carbocycles. The second-order valence-electron chi connectivity index (χ2n) is 4.36. The predicted octanol–water partition coefficient (Wildman–Crippen LogP) is 1.58. The first-order valence-corrected chi connectivity index (χ1v) is 6.62. The van der Waals surface area contributed by atoms with Gasteiger partial charge < -0.3 is 20.1 Å². The van der Waals surface area contributed by atoms with E-state index >= 15 is 0 Å². The van der Waals surface area contributed by atoms with Crippen molar-refractivity contribution >= 4 is 0 Å². The molecule has 0 aliphatic carbocycles. The molecule has 108 valence electrons. The third-order valence-electron chi connectivity index (χ3n) is 2.88. The van der Waals surface area contributed by atoms with Gasteiger partial charge in [0.15, 0.2) is 0 Å². The molecule has 0 amide bonds. The number of hydrogen-bond donors (Lipinski definition) is 2. The summed E-state index contributed by atoms with van der Waals surface area (Å²) in [5, 5.41) is 12.8. The highest BCUT2D eigenvalue weighted by Crippen LogP contribution is 2.24. The fourth-order valence-corrected chi connectivity index (χ4v) is 1.88. The van der Waals surface area contributed by atoms with E-state index in [1.807, 2.05) is 37.3 Å². The number of aliphatic hydroxyl groups excluding tert-OH is 1. The van der Waals surface area contributed by atoms with E-state index in [4.69, 9.17) is 20.1 Å². The Morgan fingerprint density at radius 3 is 2.75 bits per heavy atom. The van der Waals surface area contributed by atoms with Gasteiger partial charge >= 0.3 is 0 Å². The van der Waals surface area contributed by atoms with Crippen molar-refractivity contribution in [2.45, 2.75) is 25.5 Å². The summed E-state index contributed by atoms with van der Waals surface area (Å²) < 4.78 is 10.8. The van der Waals surface area contributed by atoms with Crippen molar-refractivity contribution in [2.75, 3.05) is 13.2 Å². The van der Waals surface area contributed by atoms with Crippen molar-refractivity contribution in [1.82, 2.24) is 10.1 Å². The lowest BCUT2D eigenvalue weighted by Crippen LogP contribution is -2.13. The molecule has 6 heteroatoms. The molecule has 2 unspecified atom stereocenters. The number of aliphatic hydroxyl groups is 1. The average molecular weight is 277 g/mol. The van der Waals surface area contributed by atoms with E-state index in [2.05, 4.69) is 10.1 Å². The number of nitrogens with zero attached hydrogens (tertiary/aromatic N) is 2. The van der Waals surface area contributed by atoms with Crippen LogP contribution in [0.4, 0.5) is 0 Å². The van der Waals surface area contributed by atoms with Gasteiger partial charge in [-0.05, 0) is 18.9 Å². The van der Waals surface area contributed by atoms with E-state index in [0.29, 0.717) is 24.7 Å². The van der Waals surface area contributed by atoms with Gasteiger partial charge in [0.2, 0.25) is 11.7 Å². The summed E-state index contributed by atoms with van der Waals surface area (Å²) in [5.74, 6) is 0.760. The standard InChI is InChI=1S/C14H19N3O3/c1-2-19-12(10-6-4-3-5-7-10)13-16-14(20-17-13)11(15)8-9-18/h3-7,11-12,18H,2,8-9,15H2,1H3. The summed E-state index contributed by atoms with van der Waals surface area (Å²) in [7, 11) is 0. The molecule has 6 nitrogen and oxygen atoms in total. The molecule has 2 rings (SSSR count). The van der Waals surface area contributed by atoms with Crippen LogP contribution in [-0.2, 0) is 4.74 Å². The van der Waals surface area contributed by atoms with Crippen LogP contribution in [-0.4, -0.2) is 28.5 Å². The molecule has 2 aromatic rings. The molecular weight excluding hydrogens is 258 g/mol. The molecule has 0 radical (unpaired) electrons. The van der Waals surface area contributed by atoms with Gasteiger partial charge in [0, 0.05) is 13.2 Å². The Bertz CT molecular complexity index is 515. The minimum absolute atomic E-state index is 0.0214. The number of aromatic nitrogens is 2. The summed E-state index contributed by atoms with van der Waals surface area (Å²) in [5.41, 5.74) is 6.79. The molecule has 0 aliphatic rings. The van der Waals surface area contributed by atoms with Crippen molar-refractivity contribution in [3.05, 3.63) is 47.6 Å². The molecule has 1 heterocycles. The van der Waals surface area contributed by atoms with Crippen molar-refractivity contribution in [2.24, 2.45) is 5.73 Å². The Hall–Kier alpha value is -1.76. The molecule has 0 aliphatic heterocycles. The maximum Gasteiger partial charge on any atom is 0.243 e. The number of hydrogen-bond acceptors (Lipinski definition) is 6. The van der Waals surface area contributed by atoms with Gasteiger partial charge in [-0.1, -0.05) is 35.5 Å². The maximum absolute atomic E-state index is 8.88. The zero-order chi connectivity index (χ0) is 14.4. The number of rotatable bonds is 7. The van der Waals surface area contributed by atoms with Gasteiger partial charge in [-0.25, -0.2) is 0 Å². The van der Waals surface area contributed by atoms with Gasteiger partial charge in [-0.15, -0.1) is 0 Å². The highest BCUT2D eigenvalue weighted by molar-refractivity contribution is 5.22. The summed E-state index contributed by atoms with van der Waals surface area (Å²) in [6, 6.07) is 9.23. The van der Waals surface area contributed by atoms with Crippen molar-refractivity contribution < 1.29 is 14.4 Å². The van der Waals surface area contributed by atoms with Crippen LogP contribution in [0.5, 0.6) is 0 Å². The minimum Gasteiger partial charge on any atom is -0.396 e. The normalized spacial score (nSPS) is 14.2. The number of ether oxygens (including phenoxy) is 1. The second kappa shape index (κ2) is 7.14. The number of nitrogens with two attached hydrogens (primary N) is 1. The van der Waals surface area contributed by atoms with Crippen LogP contribution in [0.25, 0.3) is 0 Å². The largest absolute Gasteiger partial charge is 0.396 e. The predicted molar refractivity (Wildman–Crippen MR) is 72.8 cm³/mol. The van der Waals surface area contributed by atoms with Crippen LogP contribution < -0.4 is 5.73 Å². The zero-order valence-corrected chi connectivity index (χ0v) is 11.4. The molecule has 0 saturated carbocycles. The van der Waals surface area contributed by atoms with Crippen LogP contribution in [0.2, 0.25) is 0 Å². The van der Waals surface area contributed by atoms with Crippen LogP contribution in [0, 0.1) is 0 Å². The van der Waals surface area contributed by atoms with Crippen molar-refractivity contribution in [1.29, 1.82) is 0 Å². The lowest BCUT2D eigenvalue weighted by Gasteiger charge is -2.13. The fraction of sp³-hybridized carbons (Fsp3) is 0.429. The van der Waals surface area contributed by atoms with Crippen LogP contribution in [0.1, 0.15) is 42.8 Å². The number of benzene rings is 1. The average Bonchev–Trinajstić information content (AvgIpc) is 2.95. The second-order valence-corrected chi connectivity index (χ2v) is 4.36. The van der Waals surface area contributed by atoms with E-state index in [0.717, 1.165) is 5.56 Å². The smallest absolute Gasteiger partial charge is 0.243 e. The van der Waals surface area contributed by atoms with E-state index in [-0.39, 0.29) is 12.7 Å². The summed E-state index contributed by atoms with van der Waals surface area (Å²) in [4.78, 5) is 4.29. The molecule has 0 saturated heterocycles. The van der Waals surface area contributed by atoms with Crippen LogP contribution >= 0.6 is 0 Å². The Kier molecular flexibility index (Phi) is 5.23. The Morgan fingerprint density at radius 2 is 2.10 bits per heavy atom. The summed E-state index contributed by atoms with van der Waals surface area (Å²) >= 11 is 0. The SMILES string of the molecule is CCOC(c1ccccc1)c1noc(C(N)CCO)n1. The van der Waals surface area contributed by atoms with Gasteiger partial charge in [0.05, 0.1) is 6.04 Å². The molecule has 1 aromatic heterocycles. The molecule has 3 N–H and O–H groups in total. The monoisotopic (exact) mass is 277 g/mol. The first-order chi connectivity index (χ1) is 9.76. The Labute approximate surface area is 117 Å². The highest BCUT2D eigenvalue weighted by Gasteiger charge is 2.22. The first-order valence-electron chi connectivity index (χ1n) is 6.62. The lowest BCUT2D eigenvalue weighted by molar-refractivity contribution is 0.0833. The molecule has 0 spiro atoms. The summed E-state index contributed by atoms with van der Waals surface area (Å²) in [6.07, 6.45) is 0.00625. The quantitative estimate of drug-likeness (QED) is 0.798. The van der Waals surface area contributed by atoms with E-state index in [1.54, 1.807) is 0 Å². The third-order valence-corrected chi connectivity index (χ3v) is 2.88. The van der Waals surface area contributed by atoms with Gasteiger partial charge in [-0.3, -0.25) is 0 Å². The minimum atomic E-state index is -0.459. The Morgan fingerprint density at radius 1 is 1.35 bits per heavy atom. The Balaban J connectivity index is 2.22. The maximum atomic E-state index is 8.88. The summed E-state index contributed by atoms with van der Waals surface area (Å²) in [6.45, 7) is 2.42. The molecule has 0 fully saturated rings. The van der Waals surface area contributed by atoms with Gasteiger partial charge in [0.25, 0.3) is 0 Å². The molecule has 20 heavy (non-hydrogen) atoms. The lowest BCUT2D eigenvalue weighted by atomic mass is 10.1. The van der Waals surface area contributed by atoms with Gasteiger partial charge in [0.1, 0.15) is 6.10 Å². The topological polar surface area (TPSA) is 94.4 Å². The van der Waals surface area contributed by atoms with Crippen molar-refractivity contribution in [3.63, 3.8) is 0 Å². The third kappa shape index (κ3) is 3.41. The van der Waals surface area contributed by atoms with Gasteiger partial charge in [-0.2, -0.15) is 4.98 Å². The molecule has 2 atom stereocenters. The van der Waals surface area contributed by atoms with E-state index in [9.17, 15) is 0 Å². The highest BCUT2D eigenvalue weighted by atomic mass is 16.5.